The minimum Gasteiger partial charge on any atom is -0.466 e. The van der Waals surface area contributed by atoms with Gasteiger partial charge in [0.15, 0.2) is 0 Å². The van der Waals surface area contributed by atoms with Gasteiger partial charge in [0.05, 0.1) is 42.2 Å². The van der Waals surface area contributed by atoms with Crippen LogP contribution in [0.5, 0.6) is 0 Å². The van der Waals surface area contributed by atoms with Crippen molar-refractivity contribution < 1.29 is 37.0 Å². The normalized spacial score (nSPS) is 13.7. The lowest BCUT2D eigenvalue weighted by Gasteiger charge is -2.31. The molecular weight excluding hydrogens is 546 g/mol. The summed E-state index contributed by atoms with van der Waals surface area (Å²) in [7, 11) is -1.92. The van der Waals surface area contributed by atoms with Gasteiger partial charge in [0.2, 0.25) is 5.91 Å². The molecule has 0 radical (unpaired) electrons. The minimum atomic E-state index is -4.24. The number of fused-ring (bicyclic) bond motifs is 1. The zero-order valence-corrected chi connectivity index (χ0v) is 22.7. The van der Waals surface area contributed by atoms with Crippen molar-refractivity contribution in [3.8, 4) is 0 Å². The van der Waals surface area contributed by atoms with Crippen molar-refractivity contribution >= 4 is 50.1 Å². The molecule has 15 heteroatoms. The van der Waals surface area contributed by atoms with Gasteiger partial charge in [-0.05, 0) is 49.4 Å². The van der Waals surface area contributed by atoms with Crippen LogP contribution in [0, 0.1) is 6.92 Å². The number of hydrogen-bond donors (Lipinski definition) is 2. The van der Waals surface area contributed by atoms with Crippen LogP contribution in [0.1, 0.15) is 12.7 Å². The smallest absolute Gasteiger partial charge is 0.355 e. The number of ether oxygens (including phenoxy) is 3. The molecule has 0 aliphatic carbocycles. The Morgan fingerprint density at radius 1 is 1.02 bits per heavy atom. The summed E-state index contributed by atoms with van der Waals surface area (Å²) in [5.74, 6) is -1.86. The van der Waals surface area contributed by atoms with Crippen LogP contribution in [0.4, 0.5) is 11.4 Å². The number of aromatic nitrogens is 2. The summed E-state index contributed by atoms with van der Waals surface area (Å²) < 4.78 is 42.0. The Hall–Kier alpha value is -4.76. The van der Waals surface area contributed by atoms with E-state index in [4.69, 9.17) is 14.2 Å². The molecule has 0 fully saturated rings. The van der Waals surface area contributed by atoms with Crippen molar-refractivity contribution in [2.24, 2.45) is 0 Å². The van der Waals surface area contributed by atoms with Gasteiger partial charge in [0.1, 0.15) is 18.3 Å². The number of anilines is 2. The molecule has 14 nitrogen and oxygen atoms in total. The lowest BCUT2D eigenvalue weighted by atomic mass is 10.1. The first kappa shape index (κ1) is 28.3. The largest absolute Gasteiger partial charge is 0.466 e. The third-order valence-corrected chi connectivity index (χ3v) is 7.18. The molecule has 0 saturated carbocycles. The Kier molecular flexibility index (Phi) is 7.88. The number of esters is 2. The van der Waals surface area contributed by atoms with E-state index in [1.54, 1.807) is 6.07 Å². The third kappa shape index (κ3) is 5.50. The maximum absolute atomic E-state index is 13.5. The predicted octanol–water partition coefficient (Wildman–Crippen LogP) is 0.990. The van der Waals surface area contributed by atoms with E-state index in [0.717, 1.165) is 18.9 Å². The molecule has 0 atom stereocenters. The number of nitrogens with one attached hydrogen (secondary N) is 2. The zero-order valence-electron chi connectivity index (χ0n) is 21.9. The van der Waals surface area contributed by atoms with Crippen LogP contribution in [0.2, 0.25) is 0 Å². The molecule has 210 valence electrons. The monoisotopic (exact) mass is 571 g/mol. The minimum absolute atomic E-state index is 0.0150. The highest BCUT2D eigenvalue weighted by atomic mass is 32.2. The quantitative estimate of drug-likeness (QED) is 0.387. The molecule has 3 aromatic rings. The summed E-state index contributed by atoms with van der Waals surface area (Å²) in [5, 5.41) is 2.55. The number of carbonyl (C=O) groups is 3. The average molecular weight is 572 g/mol. The van der Waals surface area contributed by atoms with Crippen LogP contribution in [-0.2, 0) is 38.6 Å². The summed E-state index contributed by atoms with van der Waals surface area (Å²) in [5.41, 5.74) is 0.00612. The Morgan fingerprint density at radius 3 is 2.33 bits per heavy atom. The van der Waals surface area contributed by atoms with Gasteiger partial charge < -0.3 is 24.4 Å². The van der Waals surface area contributed by atoms with Crippen LogP contribution in [0.25, 0.3) is 10.9 Å². The van der Waals surface area contributed by atoms with Crippen molar-refractivity contribution in [3.05, 3.63) is 69.9 Å². The van der Waals surface area contributed by atoms with E-state index in [1.807, 2.05) is 0 Å². The molecule has 4 rings (SSSR count). The molecule has 1 aliphatic heterocycles. The molecule has 0 unspecified atom stereocenters. The van der Waals surface area contributed by atoms with Crippen molar-refractivity contribution in [2.45, 2.75) is 18.7 Å². The van der Waals surface area contributed by atoms with Gasteiger partial charge in [-0.2, -0.15) is 13.1 Å². The van der Waals surface area contributed by atoms with Gasteiger partial charge in [-0.15, -0.1) is 0 Å². The molecular formula is C25H25N5O9S. The summed E-state index contributed by atoms with van der Waals surface area (Å²) in [6, 6.07) is 9.83. The second kappa shape index (κ2) is 11.2. The van der Waals surface area contributed by atoms with Crippen molar-refractivity contribution in [1.82, 2.24) is 9.66 Å². The fourth-order valence-corrected chi connectivity index (χ4v) is 5.06. The van der Waals surface area contributed by atoms with Gasteiger partial charge in [-0.25, -0.2) is 19.4 Å². The fraction of sp³-hybridized carbons (Fsp3) is 0.240. The highest BCUT2D eigenvalue weighted by molar-refractivity contribution is 7.92. The number of hydrogen-bond acceptors (Lipinski definition) is 11. The van der Waals surface area contributed by atoms with Gasteiger partial charge in [0.25, 0.3) is 15.6 Å². The van der Waals surface area contributed by atoms with Crippen LogP contribution in [0.15, 0.2) is 63.4 Å². The molecule has 1 amide bonds. The van der Waals surface area contributed by atoms with Crippen LogP contribution in [0.3, 0.4) is 0 Å². The Balaban J connectivity index is 1.76. The average Bonchev–Trinajstić information content (AvgIpc) is 2.93. The van der Waals surface area contributed by atoms with Crippen molar-refractivity contribution in [2.75, 3.05) is 42.6 Å². The maximum Gasteiger partial charge on any atom is 0.355 e. The van der Waals surface area contributed by atoms with Gasteiger partial charge in [-0.1, -0.05) is 0 Å². The Bertz CT molecular complexity index is 1710. The highest BCUT2D eigenvalue weighted by Gasteiger charge is 2.32. The molecule has 2 heterocycles. The number of sulfonamides is 1. The molecule has 1 aromatic heterocycles. The molecule has 40 heavy (non-hydrogen) atoms. The maximum atomic E-state index is 13.5. The van der Waals surface area contributed by atoms with Crippen LogP contribution >= 0.6 is 0 Å². The van der Waals surface area contributed by atoms with E-state index >= 15 is 0 Å². The SMILES string of the molecule is COC(=O)C1=C(C(=O)OC)N(c2ccc3nc(C)n(NS(=O)(=O)c4ccc(NC(C)=O)cc4)c(=O)c3c2)COC1. The van der Waals surface area contributed by atoms with Crippen LogP contribution in [-0.4, -0.2) is 63.5 Å². The van der Waals surface area contributed by atoms with Gasteiger partial charge in [0, 0.05) is 18.3 Å². The lowest BCUT2D eigenvalue weighted by Crippen LogP contribution is -2.39. The van der Waals surface area contributed by atoms with E-state index in [2.05, 4.69) is 15.1 Å². The second-order valence-electron chi connectivity index (χ2n) is 8.52. The number of nitrogens with zero attached hydrogens (tertiary/aromatic N) is 3. The summed E-state index contributed by atoms with van der Waals surface area (Å²) in [6.45, 7) is 2.44. The fourth-order valence-electron chi connectivity index (χ4n) is 4.00. The number of carbonyl (C=O) groups excluding carboxylic acids is 3. The van der Waals surface area contributed by atoms with E-state index in [-0.39, 0.29) is 57.8 Å². The van der Waals surface area contributed by atoms with Crippen molar-refractivity contribution in [1.29, 1.82) is 0 Å². The van der Waals surface area contributed by atoms with E-state index in [1.165, 1.54) is 55.1 Å². The predicted molar refractivity (Wildman–Crippen MR) is 142 cm³/mol. The molecule has 1 aliphatic rings. The number of amides is 1. The van der Waals surface area contributed by atoms with Gasteiger partial charge >= 0.3 is 11.9 Å². The highest BCUT2D eigenvalue weighted by Crippen LogP contribution is 2.28. The number of methoxy groups -OCH3 is 2. The summed E-state index contributed by atoms with van der Waals surface area (Å²) >= 11 is 0. The number of rotatable bonds is 7. The number of benzene rings is 2. The molecule has 2 N–H and O–H groups in total. The van der Waals surface area contributed by atoms with E-state index in [0.29, 0.717) is 5.69 Å². The number of aryl methyl sites for hydroxylation is 1. The Labute approximate surface area is 228 Å². The topological polar surface area (TPSA) is 175 Å². The van der Waals surface area contributed by atoms with E-state index < -0.39 is 27.5 Å². The van der Waals surface area contributed by atoms with Gasteiger partial charge in [-0.3, -0.25) is 9.59 Å². The molecule has 0 bridgehead atoms. The van der Waals surface area contributed by atoms with E-state index in [9.17, 15) is 27.6 Å². The zero-order chi connectivity index (χ0) is 29.2. The molecule has 0 spiro atoms. The van der Waals surface area contributed by atoms with Crippen LogP contribution < -0.4 is 20.6 Å². The third-order valence-electron chi connectivity index (χ3n) is 5.86. The standard InChI is InChI=1S/C25H25N5O9S/c1-14-26-21-10-7-17(29-13-39-12-20(24(33)37-3)22(29)25(34)38-4)11-19(21)23(32)30(14)28-40(35,36)18-8-5-16(6-9-18)27-15(2)31/h5-11,28H,12-13H2,1-4H3,(H,27,31). The first-order valence-corrected chi connectivity index (χ1v) is 13.1. The molecule has 2 aromatic carbocycles. The van der Waals surface area contributed by atoms with Crippen molar-refractivity contribution in [3.63, 3.8) is 0 Å². The lowest BCUT2D eigenvalue weighted by molar-refractivity contribution is -0.140. The molecule has 0 saturated heterocycles. The summed E-state index contributed by atoms with van der Waals surface area (Å²) in [4.78, 5) is 57.4. The summed E-state index contributed by atoms with van der Waals surface area (Å²) in [6.07, 6.45) is 0. The first-order valence-electron chi connectivity index (χ1n) is 11.7. The Morgan fingerprint density at radius 2 is 1.70 bits per heavy atom. The second-order valence-corrected chi connectivity index (χ2v) is 10.2. The first-order chi connectivity index (χ1) is 19.0.